The number of nitrogens with zero attached hydrogens (tertiary/aromatic N) is 3. The molecule has 0 bridgehead atoms. The van der Waals surface area contributed by atoms with Crippen molar-refractivity contribution in [2.75, 3.05) is 5.73 Å². The van der Waals surface area contributed by atoms with E-state index in [1.807, 2.05) is 0 Å². The van der Waals surface area contributed by atoms with Crippen molar-refractivity contribution in [3.8, 4) is 6.07 Å². The average Bonchev–Trinajstić information content (AvgIpc) is 2.76. The van der Waals surface area contributed by atoms with Crippen LogP contribution in [-0.4, -0.2) is 9.55 Å². The lowest BCUT2D eigenvalue weighted by Crippen LogP contribution is -2.06. The molecule has 0 fully saturated rings. The van der Waals surface area contributed by atoms with Crippen LogP contribution < -0.4 is 5.73 Å². The summed E-state index contributed by atoms with van der Waals surface area (Å²) in [6.07, 6.45) is 0. The molecule has 0 amide bonds. The highest BCUT2D eigenvalue weighted by molar-refractivity contribution is 5.78. The van der Waals surface area contributed by atoms with Gasteiger partial charge in [-0.2, -0.15) is 5.26 Å². The molecule has 3 aromatic rings. The molecule has 0 unspecified atom stereocenters. The molecule has 1 heterocycles. The second kappa shape index (κ2) is 4.87. The summed E-state index contributed by atoms with van der Waals surface area (Å²) >= 11 is 0. The Bertz CT molecular complexity index is 877. The summed E-state index contributed by atoms with van der Waals surface area (Å²) in [7, 11) is 0. The van der Waals surface area contributed by atoms with Crippen molar-refractivity contribution in [2.45, 2.75) is 6.54 Å². The second-order valence-corrected chi connectivity index (χ2v) is 4.58. The van der Waals surface area contributed by atoms with E-state index in [1.54, 1.807) is 28.8 Å². The highest BCUT2D eigenvalue weighted by atomic mass is 19.2. The Morgan fingerprint density at radius 2 is 1.90 bits per heavy atom. The molecule has 0 spiro atoms. The van der Waals surface area contributed by atoms with Gasteiger partial charge in [-0.3, -0.25) is 0 Å². The van der Waals surface area contributed by atoms with E-state index in [1.165, 1.54) is 0 Å². The van der Waals surface area contributed by atoms with Crippen molar-refractivity contribution in [3.63, 3.8) is 0 Å². The first kappa shape index (κ1) is 13.1. The predicted octanol–water partition coefficient (Wildman–Crippen LogP) is 2.82. The monoisotopic (exact) mass is 284 g/mol. The molecular formula is C15H10F2N4. The molecule has 1 aromatic heterocycles. The van der Waals surface area contributed by atoms with E-state index in [-0.39, 0.29) is 18.0 Å². The highest BCUT2D eigenvalue weighted by Crippen LogP contribution is 2.23. The third-order valence-corrected chi connectivity index (χ3v) is 3.29. The largest absolute Gasteiger partial charge is 0.369 e. The molecule has 3 rings (SSSR count). The van der Waals surface area contributed by atoms with Crippen LogP contribution >= 0.6 is 0 Å². The zero-order valence-corrected chi connectivity index (χ0v) is 10.8. The van der Waals surface area contributed by atoms with Crippen molar-refractivity contribution < 1.29 is 8.78 Å². The van der Waals surface area contributed by atoms with E-state index < -0.39 is 11.6 Å². The van der Waals surface area contributed by atoms with Gasteiger partial charge in [0.25, 0.3) is 0 Å². The summed E-state index contributed by atoms with van der Waals surface area (Å²) in [5, 5.41) is 9.09. The van der Waals surface area contributed by atoms with Gasteiger partial charge < -0.3 is 10.3 Å². The smallest absolute Gasteiger partial charge is 0.201 e. The normalized spacial score (nSPS) is 10.7. The van der Waals surface area contributed by atoms with Crippen molar-refractivity contribution in [1.29, 1.82) is 5.26 Å². The number of nitriles is 1. The van der Waals surface area contributed by atoms with Gasteiger partial charge in [-0.15, -0.1) is 0 Å². The summed E-state index contributed by atoms with van der Waals surface area (Å²) in [5.41, 5.74) is 7.72. The lowest BCUT2D eigenvalue weighted by molar-refractivity contribution is 0.510. The van der Waals surface area contributed by atoms with Crippen LogP contribution in [0.2, 0.25) is 0 Å². The molecule has 2 aromatic carbocycles. The number of anilines is 1. The first-order valence-corrected chi connectivity index (χ1v) is 6.19. The molecule has 0 aliphatic heterocycles. The van der Waals surface area contributed by atoms with Gasteiger partial charge in [-0.05, 0) is 11.6 Å². The van der Waals surface area contributed by atoms with E-state index in [0.29, 0.717) is 11.1 Å². The Kier molecular flexibility index (Phi) is 3.03. The molecular weight excluding hydrogens is 274 g/mol. The van der Waals surface area contributed by atoms with Crippen LogP contribution in [0, 0.1) is 23.0 Å². The standard InChI is InChI=1S/C15H10F2N4/c16-11-5-13-14(6-12(11)17)21(15(19)20-13)8-10-4-2-1-3-9(10)7-18/h1-6H,8H2,(H2,19,20). The van der Waals surface area contributed by atoms with Crippen LogP contribution in [0.15, 0.2) is 36.4 Å². The number of nitrogens with two attached hydrogens (primary N) is 1. The van der Waals surface area contributed by atoms with E-state index in [2.05, 4.69) is 11.1 Å². The lowest BCUT2D eigenvalue weighted by Gasteiger charge is -2.08. The van der Waals surface area contributed by atoms with Crippen molar-refractivity contribution in [2.24, 2.45) is 0 Å². The molecule has 0 radical (unpaired) electrons. The van der Waals surface area contributed by atoms with Crippen LogP contribution in [0.3, 0.4) is 0 Å². The topological polar surface area (TPSA) is 67.6 Å². The predicted molar refractivity (Wildman–Crippen MR) is 74.3 cm³/mol. The number of halogens is 2. The Morgan fingerprint density at radius 3 is 2.67 bits per heavy atom. The van der Waals surface area contributed by atoms with Gasteiger partial charge in [0.05, 0.1) is 29.2 Å². The van der Waals surface area contributed by atoms with Crippen molar-refractivity contribution >= 4 is 17.0 Å². The highest BCUT2D eigenvalue weighted by Gasteiger charge is 2.14. The molecule has 0 atom stereocenters. The summed E-state index contributed by atoms with van der Waals surface area (Å²) < 4.78 is 28.2. The summed E-state index contributed by atoms with van der Waals surface area (Å²) in [4.78, 5) is 4.02. The number of hydrogen-bond donors (Lipinski definition) is 1. The SMILES string of the molecule is N#Cc1ccccc1Cn1c(N)nc2cc(F)c(F)cc21. The second-order valence-electron chi connectivity index (χ2n) is 4.58. The van der Waals surface area contributed by atoms with E-state index in [0.717, 1.165) is 17.7 Å². The lowest BCUT2D eigenvalue weighted by atomic mass is 10.1. The molecule has 0 saturated heterocycles. The number of imidazole rings is 1. The summed E-state index contributed by atoms with van der Waals surface area (Å²) in [6.45, 7) is 0.261. The fourth-order valence-corrected chi connectivity index (χ4v) is 2.24. The van der Waals surface area contributed by atoms with Gasteiger partial charge >= 0.3 is 0 Å². The minimum atomic E-state index is -0.968. The number of fused-ring (bicyclic) bond motifs is 1. The number of rotatable bonds is 2. The maximum Gasteiger partial charge on any atom is 0.201 e. The molecule has 2 N–H and O–H groups in total. The fourth-order valence-electron chi connectivity index (χ4n) is 2.24. The number of nitrogen functional groups attached to an aromatic ring is 1. The van der Waals surface area contributed by atoms with Crippen LogP contribution in [0.1, 0.15) is 11.1 Å². The Morgan fingerprint density at radius 1 is 1.19 bits per heavy atom. The third kappa shape index (κ3) is 2.19. The van der Waals surface area contributed by atoms with Crippen molar-refractivity contribution in [1.82, 2.24) is 9.55 Å². The number of aromatic nitrogens is 2. The van der Waals surface area contributed by atoms with Gasteiger partial charge in [-0.25, -0.2) is 13.8 Å². The van der Waals surface area contributed by atoms with Crippen LogP contribution in [0.25, 0.3) is 11.0 Å². The Labute approximate surface area is 119 Å². The quantitative estimate of drug-likeness (QED) is 0.786. The molecule has 0 aliphatic rings. The first-order chi connectivity index (χ1) is 10.1. The first-order valence-electron chi connectivity index (χ1n) is 6.19. The zero-order valence-electron chi connectivity index (χ0n) is 10.8. The molecule has 0 aliphatic carbocycles. The third-order valence-electron chi connectivity index (χ3n) is 3.29. The van der Waals surface area contributed by atoms with E-state index >= 15 is 0 Å². The van der Waals surface area contributed by atoms with Gasteiger partial charge in [-0.1, -0.05) is 18.2 Å². The van der Waals surface area contributed by atoms with Gasteiger partial charge in [0.1, 0.15) is 0 Å². The Balaban J connectivity index is 2.15. The number of hydrogen-bond acceptors (Lipinski definition) is 3. The van der Waals surface area contributed by atoms with Gasteiger partial charge in [0.15, 0.2) is 11.6 Å². The van der Waals surface area contributed by atoms with Crippen LogP contribution in [0.5, 0.6) is 0 Å². The molecule has 6 heteroatoms. The van der Waals surface area contributed by atoms with Crippen LogP contribution in [-0.2, 0) is 6.54 Å². The van der Waals surface area contributed by atoms with Crippen LogP contribution in [0.4, 0.5) is 14.7 Å². The zero-order chi connectivity index (χ0) is 15.0. The molecule has 0 saturated carbocycles. The van der Waals surface area contributed by atoms with Crippen molar-refractivity contribution in [3.05, 3.63) is 59.2 Å². The maximum absolute atomic E-state index is 13.4. The fraction of sp³-hybridized carbons (Fsp3) is 0.0667. The summed E-state index contributed by atoms with van der Waals surface area (Å²) in [5.74, 6) is -1.79. The maximum atomic E-state index is 13.4. The van der Waals surface area contributed by atoms with E-state index in [9.17, 15) is 8.78 Å². The minimum absolute atomic E-state index is 0.141. The average molecular weight is 284 g/mol. The Hall–Kier alpha value is -2.94. The molecule has 21 heavy (non-hydrogen) atoms. The minimum Gasteiger partial charge on any atom is -0.369 e. The molecule has 4 nitrogen and oxygen atoms in total. The van der Waals surface area contributed by atoms with Gasteiger partial charge in [0.2, 0.25) is 5.95 Å². The molecule has 104 valence electrons. The number of benzene rings is 2. The van der Waals surface area contributed by atoms with Gasteiger partial charge in [0, 0.05) is 12.1 Å². The summed E-state index contributed by atoms with van der Waals surface area (Å²) in [6, 6.07) is 11.2. The van der Waals surface area contributed by atoms with E-state index in [4.69, 9.17) is 11.0 Å².